The fourth-order valence-electron chi connectivity index (χ4n) is 3.74. The Morgan fingerprint density at radius 2 is 1.83 bits per heavy atom. The summed E-state index contributed by atoms with van der Waals surface area (Å²) in [6, 6.07) is 9.61. The summed E-state index contributed by atoms with van der Waals surface area (Å²) in [6.45, 7) is 21.7. The Morgan fingerprint density at radius 3 is 2.41 bits per heavy atom. The van der Waals surface area contributed by atoms with Gasteiger partial charge >= 0.3 is 191 Å². The van der Waals surface area contributed by atoms with Crippen LogP contribution < -0.4 is 0.785 Å². The third kappa shape index (κ3) is 10.6. The fraction of sp³-hybridized carbons (Fsp3) is 0.583. The van der Waals surface area contributed by atoms with E-state index in [1.807, 2.05) is 19.9 Å². The zero-order valence-electron chi connectivity index (χ0n) is 19.6. The van der Waals surface area contributed by atoms with Gasteiger partial charge < -0.3 is 0 Å². The summed E-state index contributed by atoms with van der Waals surface area (Å²) >= 11 is -0.735. The molecule has 1 aromatic carbocycles. The molecule has 1 atom stereocenters. The molecule has 0 bridgehead atoms. The van der Waals surface area contributed by atoms with Crippen LogP contribution in [0.5, 0.6) is 0 Å². The van der Waals surface area contributed by atoms with Crippen molar-refractivity contribution < 1.29 is 0 Å². The van der Waals surface area contributed by atoms with E-state index in [0.717, 1.165) is 52.2 Å². The van der Waals surface area contributed by atoms with Crippen molar-refractivity contribution in [3.63, 3.8) is 0 Å². The molecule has 0 saturated carbocycles. The van der Waals surface area contributed by atoms with Crippen LogP contribution >= 0.6 is 0 Å². The predicted molar refractivity (Wildman–Crippen MR) is 131 cm³/mol. The van der Waals surface area contributed by atoms with Gasteiger partial charge in [0.1, 0.15) is 0 Å². The third-order valence-corrected chi connectivity index (χ3v) is 7.09. The van der Waals surface area contributed by atoms with Crippen molar-refractivity contribution in [3.05, 3.63) is 54.6 Å². The molecule has 1 aliphatic heterocycles. The second-order valence-electron chi connectivity index (χ2n) is 7.86. The Bertz CT molecular complexity index is 587. The van der Waals surface area contributed by atoms with Gasteiger partial charge in [-0.05, 0) is 0 Å². The average Bonchev–Trinajstić information content (AvgIpc) is 2.77. The van der Waals surface area contributed by atoms with Crippen molar-refractivity contribution in [2.45, 2.75) is 35.1 Å². The molecule has 4 nitrogen and oxygen atoms in total. The zero-order chi connectivity index (χ0) is 21.6. The number of hydrogen-bond donors (Lipinski definition) is 1. The summed E-state index contributed by atoms with van der Waals surface area (Å²) in [5.41, 5.74) is 3.96. The summed E-state index contributed by atoms with van der Waals surface area (Å²) in [5, 5.41) is 0. The molecule has 1 aliphatic rings. The van der Waals surface area contributed by atoms with Gasteiger partial charge in [0.2, 0.25) is 0 Å². The molecule has 0 spiro atoms. The number of nitrogens with one attached hydrogen (secondary N) is 1. The van der Waals surface area contributed by atoms with Gasteiger partial charge in [-0.3, -0.25) is 0 Å². The maximum atomic E-state index is 4.19. The van der Waals surface area contributed by atoms with Crippen molar-refractivity contribution in [1.82, 2.24) is 14.7 Å². The standard InChI is InChI=1S/C21H33N4.C2H6.CH3.Sr/c1-5-10-24-13-11-23(4)12-14-25(16-18(2)3)21(17-24)15-19-6-8-20(22)9-7-19;1-2;;/h5-9,21-22H,1-2,10-17H2,3-4H3;1-2H3;1H3;/q-1;;;+1. The van der Waals surface area contributed by atoms with Crippen LogP contribution in [0.3, 0.4) is 0 Å². The van der Waals surface area contributed by atoms with Gasteiger partial charge in [-0.25, -0.2) is 0 Å². The van der Waals surface area contributed by atoms with E-state index in [1.54, 1.807) is 0 Å². The van der Waals surface area contributed by atoms with E-state index in [1.165, 1.54) is 16.8 Å². The summed E-state index contributed by atoms with van der Waals surface area (Å²) in [5.74, 6) is 0. The molecule has 29 heavy (non-hydrogen) atoms. The van der Waals surface area contributed by atoms with Gasteiger partial charge in [0.15, 0.2) is 0 Å². The Hall–Kier alpha value is -0.139. The third-order valence-electron chi connectivity index (χ3n) is 5.22. The van der Waals surface area contributed by atoms with Crippen LogP contribution in [0.15, 0.2) is 49.1 Å². The van der Waals surface area contributed by atoms with Gasteiger partial charge in [-0.15, -0.1) is 0 Å². The molecule has 2 rings (SSSR count). The van der Waals surface area contributed by atoms with Crippen LogP contribution in [-0.4, -0.2) is 115 Å². The molecule has 0 amide bonds. The number of hydrogen-bond acceptors (Lipinski definition) is 4. The molecule has 1 unspecified atom stereocenters. The molecule has 160 valence electrons. The van der Waals surface area contributed by atoms with E-state index in [-0.39, 0.29) is 0 Å². The van der Waals surface area contributed by atoms with E-state index in [4.69, 9.17) is 0 Å². The largest absolute Gasteiger partial charge is 0.0683 e. The molecule has 0 aromatic heterocycles. The Balaban J connectivity index is 0.00000204. The van der Waals surface area contributed by atoms with Crippen molar-refractivity contribution in [2.75, 3.05) is 53.6 Å². The molecule has 0 radical (unpaired) electrons. The molecule has 1 fully saturated rings. The van der Waals surface area contributed by atoms with Crippen LogP contribution in [0.4, 0.5) is 5.69 Å². The second kappa shape index (κ2) is 15.6. The van der Waals surface area contributed by atoms with Crippen LogP contribution in [0, 0.1) is 0 Å². The first kappa shape index (κ1) is 26.9. The number of anilines is 1. The zero-order valence-corrected chi connectivity index (χ0v) is 23.1. The molecule has 1 heterocycles. The van der Waals surface area contributed by atoms with E-state index < -0.39 is 41.4 Å². The summed E-state index contributed by atoms with van der Waals surface area (Å²) in [7, 11) is 2.23. The van der Waals surface area contributed by atoms with Gasteiger partial charge in [0.25, 0.3) is 0 Å². The Labute approximate surface area is 203 Å². The van der Waals surface area contributed by atoms with E-state index in [0.29, 0.717) is 6.04 Å². The first-order valence-electron chi connectivity index (χ1n) is 11.2. The van der Waals surface area contributed by atoms with Crippen molar-refractivity contribution in [3.8, 4) is 0 Å². The summed E-state index contributed by atoms with van der Waals surface area (Å²) in [4.78, 5) is 7.63. The minimum Gasteiger partial charge on any atom is -0.0683 e. The monoisotopic (exact) mass is 474 g/mol. The molecule has 1 aromatic rings. The normalized spacial score (nSPS) is 19.0. The maximum absolute atomic E-state index is 4.19. The van der Waals surface area contributed by atoms with Crippen molar-refractivity contribution in [2.24, 2.45) is 0 Å². The van der Waals surface area contributed by atoms with Crippen LogP contribution in [0.25, 0.3) is 0 Å². The Kier molecular flexibility index (Phi) is 14.5. The smallest absolute Gasteiger partial charge is 0.0683 e. The average molecular weight is 474 g/mol. The maximum Gasteiger partial charge on any atom is -0.0683 e. The summed E-state index contributed by atoms with van der Waals surface area (Å²) < 4.78 is 5.93. The van der Waals surface area contributed by atoms with Gasteiger partial charge in [0, 0.05) is 0 Å². The van der Waals surface area contributed by atoms with Crippen LogP contribution in [0.2, 0.25) is 1.89 Å². The predicted octanol–water partition coefficient (Wildman–Crippen LogP) is 4.01. The Morgan fingerprint density at radius 1 is 1.17 bits per heavy atom. The first-order chi connectivity index (χ1) is 14.0. The quantitative estimate of drug-likeness (QED) is 0.454. The second-order valence-corrected chi connectivity index (χ2v) is 10.5. The first-order valence-corrected chi connectivity index (χ1v) is 16.5. The molecule has 5 heteroatoms. The molecule has 1 saturated heterocycles. The van der Waals surface area contributed by atoms with Crippen LogP contribution in [0.1, 0.15) is 26.3 Å². The van der Waals surface area contributed by atoms with E-state index in [9.17, 15) is 0 Å². The minimum absolute atomic E-state index is 0.498. The van der Waals surface area contributed by atoms with E-state index >= 15 is 0 Å². The number of likely N-dealkylation sites (N-methyl/N-ethyl adjacent to an activating group) is 1. The number of benzene rings is 1. The number of rotatable bonds is 8. The van der Waals surface area contributed by atoms with Gasteiger partial charge in [-0.2, -0.15) is 0 Å². The summed E-state index contributed by atoms with van der Waals surface area (Å²) in [6.07, 6.45) is 3.12. The topological polar surface area (TPSA) is 21.8 Å². The van der Waals surface area contributed by atoms with Crippen molar-refractivity contribution >= 4 is 47.1 Å². The van der Waals surface area contributed by atoms with E-state index in [2.05, 4.69) is 68.8 Å². The van der Waals surface area contributed by atoms with Gasteiger partial charge in [-0.1, -0.05) is 13.8 Å². The molecule has 1 N–H and O–H groups in total. The van der Waals surface area contributed by atoms with Crippen LogP contribution in [-0.2, 0) is 6.42 Å². The van der Waals surface area contributed by atoms with Gasteiger partial charge in [0.05, 0.1) is 0 Å². The fourth-order valence-corrected chi connectivity index (χ4v) is 5.33. The molecular formula is C24H42N4Sr. The molecule has 0 aliphatic carbocycles. The number of nitrogens with zero attached hydrogens (tertiary/aromatic N) is 3. The minimum atomic E-state index is -0.735. The SMILES string of the molecule is C=CCN1CCN(C)CCN(CC(=C)C)C(Cc2ccc([NH][Sr][CH3])cc2)C1.CC. The van der Waals surface area contributed by atoms with Crippen molar-refractivity contribution in [1.29, 1.82) is 0 Å². The molecular weight excluding hydrogens is 432 g/mol.